The number of furan rings is 1. The third-order valence-corrected chi connectivity index (χ3v) is 4.61. The van der Waals surface area contributed by atoms with Crippen molar-refractivity contribution in [1.82, 2.24) is 15.3 Å². The molecule has 2 rings (SSSR count). The summed E-state index contributed by atoms with van der Waals surface area (Å²) in [6, 6.07) is 3.58. The molecular weight excluding hydrogens is 395 g/mol. The molecule has 0 saturated carbocycles. The van der Waals surface area contributed by atoms with Crippen LogP contribution in [0.25, 0.3) is 12.7 Å². The number of sulfone groups is 1. The van der Waals surface area contributed by atoms with Gasteiger partial charge in [-0.15, -0.1) is 0 Å². The third-order valence-electron chi connectivity index (χ3n) is 3.28. The Hall–Kier alpha value is -2.23. The van der Waals surface area contributed by atoms with Gasteiger partial charge in [0, 0.05) is 0 Å². The average molecular weight is 413 g/mol. The minimum atomic E-state index is -3.33. The van der Waals surface area contributed by atoms with Gasteiger partial charge in [0.25, 0.3) is 0 Å². The summed E-state index contributed by atoms with van der Waals surface area (Å²) in [6.07, 6.45) is 4.57. The average Bonchev–Trinajstić information content (AvgIpc) is 2.98. The monoisotopic (exact) mass is 413 g/mol. The molecule has 2 heterocycles. The molecule has 8 nitrogen and oxygen atoms in total. The van der Waals surface area contributed by atoms with E-state index in [0.29, 0.717) is 34.3 Å². The summed E-state index contributed by atoms with van der Waals surface area (Å²) in [4.78, 5) is 19.4. The van der Waals surface area contributed by atoms with E-state index in [9.17, 15) is 13.2 Å². The Morgan fingerprint density at radius 3 is 2.81 bits per heavy atom. The van der Waals surface area contributed by atoms with Crippen molar-refractivity contribution in [3.63, 3.8) is 0 Å². The quantitative estimate of drug-likeness (QED) is 0.555. The van der Waals surface area contributed by atoms with Gasteiger partial charge < -0.3 is 0 Å². The molecule has 0 atom stereocenters. The summed E-state index contributed by atoms with van der Waals surface area (Å²) in [5.41, 5.74) is 5.83. The van der Waals surface area contributed by atoms with Crippen LogP contribution in [0, 0.1) is 0 Å². The maximum absolute atomic E-state index is 11.5. The van der Waals surface area contributed by atoms with Crippen LogP contribution < -0.4 is 21.6 Å². The molecule has 0 aliphatic rings. The summed E-state index contributed by atoms with van der Waals surface area (Å²) in [7, 11) is -3.33. The number of hydrogen-bond acceptors (Lipinski definition) is 7. The first kappa shape index (κ1) is 20.1. The maximum atomic E-state index is 11.5. The van der Waals surface area contributed by atoms with Crippen molar-refractivity contribution >= 4 is 38.4 Å². The zero-order chi connectivity index (χ0) is 19.3. The number of nitrogen functional groups attached to an aromatic ring is 1. The van der Waals surface area contributed by atoms with Gasteiger partial charge in [-0.1, -0.05) is 0 Å². The molecule has 0 unspecified atom stereocenters. The normalized spacial score (nSPS) is 12.1. The molecular formula is C16H18N4O4SV. The minimum absolute atomic E-state index is 0.279. The van der Waals surface area contributed by atoms with Crippen molar-refractivity contribution in [3.8, 4) is 0 Å². The van der Waals surface area contributed by atoms with Gasteiger partial charge in [-0.25, -0.2) is 0 Å². The number of nitrogens with two attached hydrogens (primary N) is 1. The molecule has 2 aromatic heterocycles. The molecule has 0 spiro atoms. The van der Waals surface area contributed by atoms with Crippen molar-refractivity contribution in [2.75, 3.05) is 24.3 Å². The van der Waals surface area contributed by atoms with Crippen molar-refractivity contribution in [2.24, 2.45) is 0 Å². The van der Waals surface area contributed by atoms with Crippen LogP contribution in [0.3, 0.4) is 0 Å². The number of nitrogens with one attached hydrogen (secondary N) is 1. The fourth-order valence-electron chi connectivity index (χ4n) is 2.08. The van der Waals surface area contributed by atoms with E-state index in [1.165, 1.54) is 6.33 Å². The van der Waals surface area contributed by atoms with E-state index in [2.05, 4.69) is 38.8 Å². The summed E-state index contributed by atoms with van der Waals surface area (Å²) in [6.45, 7) is 4.10. The fourth-order valence-corrected chi connectivity index (χ4v) is 3.04. The van der Waals surface area contributed by atoms with Gasteiger partial charge >= 0.3 is 160 Å². The second kappa shape index (κ2) is 8.44. The van der Waals surface area contributed by atoms with Gasteiger partial charge in [0.05, 0.1) is 0 Å². The SMILES string of the molecule is C=c1ncnc(N)/c1=C/[C](=[V])c1ccc(CCNC(=O)CS(C)(=O)=O)o1. The van der Waals surface area contributed by atoms with Crippen molar-refractivity contribution in [3.05, 3.63) is 40.5 Å². The Morgan fingerprint density at radius 2 is 2.15 bits per heavy atom. The molecule has 0 fully saturated rings. The molecule has 1 amide bonds. The first-order valence-electron chi connectivity index (χ1n) is 7.52. The zero-order valence-electron chi connectivity index (χ0n) is 14.1. The molecule has 0 aliphatic heterocycles. The van der Waals surface area contributed by atoms with E-state index in [1.54, 1.807) is 18.2 Å². The molecule has 2 aromatic rings. The Labute approximate surface area is 159 Å². The number of aromatic nitrogens is 2. The molecule has 0 radical (unpaired) electrons. The molecule has 3 N–H and O–H groups in total. The molecule has 0 saturated heterocycles. The van der Waals surface area contributed by atoms with Crippen molar-refractivity contribution < 1.29 is 34.6 Å². The molecule has 137 valence electrons. The predicted molar refractivity (Wildman–Crippen MR) is 94.9 cm³/mol. The van der Waals surface area contributed by atoms with Gasteiger partial charge in [0.15, 0.2) is 0 Å². The Morgan fingerprint density at radius 1 is 1.42 bits per heavy atom. The summed E-state index contributed by atoms with van der Waals surface area (Å²) in [5.74, 6) is 0.543. The summed E-state index contributed by atoms with van der Waals surface area (Å²) < 4.78 is 28.6. The van der Waals surface area contributed by atoms with E-state index in [-0.39, 0.29) is 6.54 Å². The first-order valence-corrected chi connectivity index (χ1v) is 10.3. The third kappa shape index (κ3) is 5.94. The van der Waals surface area contributed by atoms with E-state index < -0.39 is 21.5 Å². The van der Waals surface area contributed by atoms with Crippen LogP contribution in [-0.4, -0.2) is 47.1 Å². The number of amides is 1. The molecule has 0 aromatic carbocycles. The topological polar surface area (TPSA) is 128 Å². The van der Waals surface area contributed by atoms with Crippen LogP contribution in [0.4, 0.5) is 5.82 Å². The number of nitrogens with zero attached hydrogens (tertiary/aromatic N) is 2. The van der Waals surface area contributed by atoms with Crippen molar-refractivity contribution in [2.45, 2.75) is 6.42 Å². The number of carbonyl (C=O) groups is 1. The van der Waals surface area contributed by atoms with E-state index in [1.807, 2.05) is 0 Å². The van der Waals surface area contributed by atoms with Gasteiger partial charge in [-0.2, -0.15) is 0 Å². The fraction of sp³-hybridized carbons (Fsp3) is 0.250. The number of rotatable bonds is 7. The van der Waals surface area contributed by atoms with Gasteiger partial charge in [0.2, 0.25) is 0 Å². The van der Waals surface area contributed by atoms with Crippen LogP contribution in [0.15, 0.2) is 22.9 Å². The van der Waals surface area contributed by atoms with E-state index >= 15 is 0 Å². The van der Waals surface area contributed by atoms with Gasteiger partial charge in [-0.05, 0) is 0 Å². The van der Waals surface area contributed by atoms with E-state index in [0.717, 1.165) is 10.5 Å². The van der Waals surface area contributed by atoms with E-state index in [4.69, 9.17) is 10.2 Å². The molecule has 0 aliphatic carbocycles. The Kier molecular flexibility index (Phi) is 6.52. The Bertz CT molecular complexity index is 1050. The number of anilines is 1. The van der Waals surface area contributed by atoms with Crippen LogP contribution >= 0.6 is 0 Å². The summed E-state index contributed by atoms with van der Waals surface area (Å²) >= 11 is 2.38. The number of hydrogen-bond donors (Lipinski definition) is 2. The predicted octanol–water partition coefficient (Wildman–Crippen LogP) is -1.69. The number of carbonyl (C=O) groups excluding carboxylic acids is 1. The zero-order valence-corrected chi connectivity index (χ0v) is 16.3. The van der Waals surface area contributed by atoms with Crippen molar-refractivity contribution in [1.29, 1.82) is 0 Å². The van der Waals surface area contributed by atoms with Crippen LogP contribution in [0.1, 0.15) is 11.5 Å². The van der Waals surface area contributed by atoms with Crippen LogP contribution in [-0.2, 0) is 38.0 Å². The second-order valence-corrected chi connectivity index (χ2v) is 8.48. The van der Waals surface area contributed by atoms with Gasteiger partial charge in [0.1, 0.15) is 0 Å². The Balaban J connectivity index is 2.00. The molecule has 26 heavy (non-hydrogen) atoms. The summed E-state index contributed by atoms with van der Waals surface area (Å²) in [5, 5.41) is 3.68. The first-order chi connectivity index (χ1) is 12.2. The standard InChI is InChI=1S/C16H18N4O4S.V/c1-11-14(16(17)20-10-19-11)6-5-12-3-4-13(24-12)7-8-18-15(21)9-25(2,22)23;/h3-4,6,10H,1,7-9H2,2H3,(H,18,21)(H2,17,19,20);/b14-6+;. The second-order valence-electron chi connectivity index (χ2n) is 5.58. The molecule has 0 bridgehead atoms. The van der Waals surface area contributed by atoms with Gasteiger partial charge in [-0.3, -0.25) is 0 Å². The van der Waals surface area contributed by atoms with Crippen LogP contribution in [0.5, 0.6) is 0 Å². The van der Waals surface area contributed by atoms with Crippen LogP contribution in [0.2, 0.25) is 0 Å². The molecule has 10 heteroatoms.